The number of carbonyl (C=O) groups is 1. The van der Waals surface area contributed by atoms with Gasteiger partial charge < -0.3 is 5.11 Å². The Kier molecular flexibility index (Phi) is 4.64. The summed E-state index contributed by atoms with van der Waals surface area (Å²) in [6.07, 6.45) is 0. The number of rotatable bonds is 4. The highest BCUT2D eigenvalue weighted by atomic mass is 79.9. The maximum Gasteiger partial charge on any atom is 0.332 e. The summed E-state index contributed by atoms with van der Waals surface area (Å²) in [7, 11) is 0. The van der Waals surface area contributed by atoms with Crippen molar-refractivity contribution < 1.29 is 14.3 Å². The topological polar surface area (TPSA) is 81.3 Å². The second-order valence-electron chi connectivity index (χ2n) is 6.17. The van der Waals surface area contributed by atoms with Gasteiger partial charge in [-0.3, -0.25) is 18.7 Å². The first kappa shape index (κ1) is 18.6. The van der Waals surface area contributed by atoms with Crippen LogP contribution in [-0.4, -0.2) is 20.2 Å². The van der Waals surface area contributed by atoms with Gasteiger partial charge in [-0.25, -0.2) is 9.18 Å². The van der Waals surface area contributed by atoms with E-state index in [9.17, 15) is 23.9 Å². The lowest BCUT2D eigenvalue weighted by molar-refractivity contribution is -0.137. The lowest BCUT2D eigenvalue weighted by Crippen LogP contribution is -2.41. The Morgan fingerprint density at radius 3 is 2.61 bits per heavy atom. The van der Waals surface area contributed by atoms with Crippen LogP contribution in [-0.2, 0) is 17.9 Å². The number of halogens is 2. The third-order valence-corrected chi connectivity index (χ3v) is 6.07. The molecule has 0 aliphatic carbocycles. The summed E-state index contributed by atoms with van der Waals surface area (Å²) < 4.78 is 17.5. The lowest BCUT2D eigenvalue weighted by Gasteiger charge is -2.11. The zero-order valence-corrected chi connectivity index (χ0v) is 16.6. The molecule has 2 aromatic carbocycles. The predicted octanol–water partition coefficient (Wildman–Crippen LogP) is 3.41. The summed E-state index contributed by atoms with van der Waals surface area (Å²) in [4.78, 5) is 37.7. The monoisotopic (exact) mass is 462 g/mol. The summed E-state index contributed by atoms with van der Waals surface area (Å²) in [5.41, 5.74) is -1.20. The van der Waals surface area contributed by atoms with Crippen molar-refractivity contribution >= 4 is 53.5 Å². The average Bonchev–Trinajstić information content (AvgIpc) is 3.03. The van der Waals surface area contributed by atoms with Crippen LogP contribution in [0.5, 0.6) is 0 Å². The Morgan fingerprint density at radius 1 is 1.14 bits per heavy atom. The highest BCUT2D eigenvalue weighted by molar-refractivity contribution is 9.10. The van der Waals surface area contributed by atoms with E-state index in [-0.39, 0.29) is 17.5 Å². The van der Waals surface area contributed by atoms with Crippen LogP contribution in [0.2, 0.25) is 0 Å². The van der Waals surface area contributed by atoms with Gasteiger partial charge in [-0.2, -0.15) is 0 Å². The van der Waals surface area contributed by atoms with E-state index in [0.29, 0.717) is 14.7 Å². The highest BCUT2D eigenvalue weighted by Gasteiger charge is 2.20. The zero-order chi connectivity index (χ0) is 20.0. The zero-order valence-electron chi connectivity index (χ0n) is 14.2. The van der Waals surface area contributed by atoms with Crippen LogP contribution in [0.25, 0.3) is 20.3 Å². The van der Waals surface area contributed by atoms with Crippen LogP contribution >= 0.6 is 27.3 Å². The number of aromatic nitrogens is 2. The maximum atomic E-state index is 14.3. The van der Waals surface area contributed by atoms with Crippen LogP contribution in [0.15, 0.2) is 56.5 Å². The van der Waals surface area contributed by atoms with Crippen molar-refractivity contribution in [2.75, 3.05) is 0 Å². The lowest BCUT2D eigenvalue weighted by atomic mass is 10.2. The molecule has 0 atom stereocenters. The first-order chi connectivity index (χ1) is 13.4. The van der Waals surface area contributed by atoms with Crippen molar-refractivity contribution in [3.05, 3.63) is 79.2 Å². The third-order valence-electron chi connectivity index (χ3n) is 4.38. The van der Waals surface area contributed by atoms with Crippen molar-refractivity contribution in [3.8, 4) is 0 Å². The molecule has 0 radical (unpaired) electrons. The van der Waals surface area contributed by atoms with Crippen molar-refractivity contribution in [2.24, 2.45) is 0 Å². The normalized spacial score (nSPS) is 11.4. The predicted molar refractivity (Wildman–Crippen MR) is 109 cm³/mol. The Balaban J connectivity index is 2.05. The van der Waals surface area contributed by atoms with Gasteiger partial charge in [0.1, 0.15) is 17.2 Å². The number of carboxylic acids is 1. The molecule has 2 aromatic heterocycles. The molecule has 6 nitrogen and oxygen atoms in total. The Bertz CT molecular complexity index is 1370. The number of fused-ring (bicyclic) bond motifs is 3. The number of nitrogens with zero attached hydrogens (tertiary/aromatic N) is 2. The number of hydrogen-bond donors (Lipinski definition) is 1. The van der Waals surface area contributed by atoms with Crippen LogP contribution in [0.3, 0.4) is 0 Å². The van der Waals surface area contributed by atoms with Gasteiger partial charge in [-0.15, -0.1) is 11.3 Å². The molecule has 4 aromatic rings. The molecule has 9 heteroatoms. The first-order valence-electron chi connectivity index (χ1n) is 8.17. The standard InChI is InChI=1S/C19H12BrFN2O4S/c20-11-6-5-10(13(21)7-11)8-22-17(26)16-12-3-1-2-4-14(12)28-18(16)23(19(22)27)9-15(24)25/h1-7H,8-9H2,(H,24,25). The molecule has 2 heterocycles. The van der Waals surface area contributed by atoms with E-state index in [1.54, 1.807) is 30.3 Å². The molecule has 0 fully saturated rings. The second kappa shape index (κ2) is 6.99. The Hall–Kier alpha value is -2.78. The van der Waals surface area contributed by atoms with Gasteiger partial charge in [-0.1, -0.05) is 40.2 Å². The SMILES string of the molecule is O=C(O)Cn1c(=O)n(Cc2ccc(Br)cc2F)c(=O)c2c3ccccc3sc21. The molecule has 0 amide bonds. The minimum Gasteiger partial charge on any atom is -0.480 e. The molecule has 1 N–H and O–H groups in total. The molecule has 142 valence electrons. The molecular formula is C19H12BrFN2O4S. The minimum atomic E-state index is -1.21. The molecule has 0 bridgehead atoms. The van der Waals surface area contributed by atoms with Gasteiger partial charge in [0.05, 0.1) is 11.9 Å². The second-order valence-corrected chi connectivity index (χ2v) is 8.11. The van der Waals surface area contributed by atoms with Crippen LogP contribution in [0, 0.1) is 5.82 Å². The summed E-state index contributed by atoms with van der Waals surface area (Å²) in [6.45, 7) is -0.887. The average molecular weight is 463 g/mol. The van der Waals surface area contributed by atoms with Gasteiger partial charge in [-0.05, 0) is 18.2 Å². The van der Waals surface area contributed by atoms with Crippen molar-refractivity contribution in [1.82, 2.24) is 9.13 Å². The van der Waals surface area contributed by atoms with Gasteiger partial charge in [0.2, 0.25) is 0 Å². The number of thiophene rings is 1. The fourth-order valence-electron chi connectivity index (χ4n) is 3.12. The molecule has 0 saturated carbocycles. The number of aliphatic carboxylic acids is 1. The Morgan fingerprint density at radius 2 is 1.89 bits per heavy atom. The van der Waals surface area contributed by atoms with E-state index in [1.807, 2.05) is 0 Å². The number of benzene rings is 2. The fourth-order valence-corrected chi connectivity index (χ4v) is 4.64. The fraction of sp³-hybridized carbons (Fsp3) is 0.105. The summed E-state index contributed by atoms with van der Waals surface area (Å²) in [6, 6.07) is 11.4. The quantitative estimate of drug-likeness (QED) is 0.503. The molecule has 0 unspecified atom stereocenters. The molecule has 0 aliphatic heterocycles. The first-order valence-corrected chi connectivity index (χ1v) is 9.78. The highest BCUT2D eigenvalue weighted by Crippen LogP contribution is 2.30. The largest absolute Gasteiger partial charge is 0.480 e. The molecular weight excluding hydrogens is 451 g/mol. The van der Waals surface area contributed by atoms with Gasteiger partial charge in [0.25, 0.3) is 5.56 Å². The van der Waals surface area contributed by atoms with Gasteiger partial charge >= 0.3 is 11.7 Å². The number of hydrogen-bond acceptors (Lipinski definition) is 4. The molecule has 0 saturated heterocycles. The third kappa shape index (κ3) is 3.06. The van der Waals surface area contributed by atoms with E-state index in [4.69, 9.17) is 0 Å². The molecule has 28 heavy (non-hydrogen) atoms. The smallest absolute Gasteiger partial charge is 0.332 e. The summed E-state index contributed by atoms with van der Waals surface area (Å²) in [5, 5.41) is 10.1. The van der Waals surface area contributed by atoms with E-state index in [1.165, 1.54) is 23.5 Å². The van der Waals surface area contributed by atoms with E-state index in [2.05, 4.69) is 15.9 Å². The summed E-state index contributed by atoms with van der Waals surface area (Å²) in [5.74, 6) is -1.78. The van der Waals surface area contributed by atoms with Crippen LogP contribution < -0.4 is 11.2 Å². The minimum absolute atomic E-state index is 0.156. The van der Waals surface area contributed by atoms with Gasteiger partial charge in [0, 0.05) is 20.1 Å². The number of carboxylic acid groups (broad SMARTS) is 1. The van der Waals surface area contributed by atoms with Crippen molar-refractivity contribution in [1.29, 1.82) is 0 Å². The van der Waals surface area contributed by atoms with E-state index < -0.39 is 29.6 Å². The molecule has 0 spiro atoms. The van der Waals surface area contributed by atoms with Gasteiger partial charge in [0.15, 0.2) is 0 Å². The molecule has 4 rings (SSSR count). The van der Waals surface area contributed by atoms with Crippen LogP contribution in [0.4, 0.5) is 4.39 Å². The maximum absolute atomic E-state index is 14.3. The van der Waals surface area contributed by atoms with E-state index in [0.717, 1.165) is 13.8 Å². The summed E-state index contributed by atoms with van der Waals surface area (Å²) >= 11 is 4.35. The van der Waals surface area contributed by atoms with Crippen molar-refractivity contribution in [2.45, 2.75) is 13.1 Å². The van der Waals surface area contributed by atoms with Crippen LogP contribution in [0.1, 0.15) is 5.56 Å². The van der Waals surface area contributed by atoms with E-state index >= 15 is 0 Å². The Labute approximate surface area is 169 Å². The molecule has 0 aliphatic rings. The van der Waals surface area contributed by atoms with Crippen molar-refractivity contribution in [3.63, 3.8) is 0 Å².